The van der Waals surface area contributed by atoms with Crippen LogP contribution in [0.15, 0.2) is 12.2 Å². The number of nitrogens with zero attached hydrogens (tertiary/aromatic N) is 1. The minimum absolute atomic E-state index is 0.116. The quantitative estimate of drug-likeness (QED) is 0.545. The molecule has 0 N–H and O–H groups in total. The van der Waals surface area contributed by atoms with E-state index in [9.17, 15) is 4.79 Å². The lowest BCUT2D eigenvalue weighted by molar-refractivity contribution is -0.232. The molecule has 4 aliphatic rings. The van der Waals surface area contributed by atoms with Gasteiger partial charge in [0, 0.05) is 13.0 Å². The summed E-state index contributed by atoms with van der Waals surface area (Å²) in [5.74, 6) is 0.261. The summed E-state index contributed by atoms with van der Waals surface area (Å²) in [5, 5.41) is 1.83. The van der Waals surface area contributed by atoms with Gasteiger partial charge in [-0.15, -0.1) is 0 Å². The van der Waals surface area contributed by atoms with Crippen molar-refractivity contribution in [2.45, 2.75) is 25.0 Å². The topological polar surface area (TPSA) is 48.0 Å². The van der Waals surface area contributed by atoms with Gasteiger partial charge in [0.05, 0.1) is 31.3 Å². The van der Waals surface area contributed by atoms with Crippen LogP contribution in [0.4, 0.5) is 0 Å². The van der Waals surface area contributed by atoms with Crippen molar-refractivity contribution in [1.82, 2.24) is 5.06 Å². The Balaban J connectivity index is 1.87. The van der Waals surface area contributed by atoms with Crippen LogP contribution in [0.5, 0.6) is 0 Å². The molecule has 0 aromatic heterocycles. The zero-order valence-corrected chi connectivity index (χ0v) is 11.3. The highest BCUT2D eigenvalue weighted by molar-refractivity contribution is 5.84. The van der Waals surface area contributed by atoms with Gasteiger partial charge < -0.3 is 9.47 Å². The molecule has 5 nitrogen and oxygen atoms in total. The Morgan fingerprint density at radius 1 is 1.47 bits per heavy atom. The smallest absolute Gasteiger partial charge is 0.341 e. The van der Waals surface area contributed by atoms with Gasteiger partial charge in [-0.1, -0.05) is 12.2 Å². The van der Waals surface area contributed by atoms with Crippen molar-refractivity contribution in [2.24, 2.45) is 17.3 Å². The number of hydrogen-bond acceptors (Lipinski definition) is 5. The molecular weight excluding hydrogens is 246 g/mol. The van der Waals surface area contributed by atoms with E-state index >= 15 is 0 Å². The summed E-state index contributed by atoms with van der Waals surface area (Å²) in [6.07, 6.45) is 5.35. The zero-order valence-electron chi connectivity index (χ0n) is 11.3. The molecule has 0 amide bonds. The van der Waals surface area contributed by atoms with E-state index in [4.69, 9.17) is 14.3 Å². The van der Waals surface area contributed by atoms with Crippen molar-refractivity contribution in [3.05, 3.63) is 12.2 Å². The van der Waals surface area contributed by atoms with E-state index in [0.717, 1.165) is 6.42 Å². The number of hydroxylamine groups is 2. The van der Waals surface area contributed by atoms with Crippen molar-refractivity contribution in [1.29, 1.82) is 0 Å². The highest BCUT2D eigenvalue weighted by Gasteiger charge is 2.80. The first-order chi connectivity index (χ1) is 9.16. The molecule has 5 heteroatoms. The summed E-state index contributed by atoms with van der Waals surface area (Å²) in [4.78, 5) is 18.8. The highest BCUT2D eigenvalue weighted by Crippen LogP contribution is 2.67. The number of hydrogen-bond donors (Lipinski definition) is 0. The fraction of sp³-hybridized carbons (Fsp3) is 0.786. The molecule has 19 heavy (non-hydrogen) atoms. The number of rotatable bonds is 2. The average molecular weight is 265 g/mol. The third-order valence-electron chi connectivity index (χ3n) is 5.48. The Morgan fingerprint density at radius 2 is 2.26 bits per heavy atom. The second kappa shape index (κ2) is 3.59. The van der Waals surface area contributed by atoms with Crippen LogP contribution in [0.2, 0.25) is 0 Å². The molecule has 2 heterocycles. The lowest BCUT2D eigenvalue weighted by atomic mass is 9.63. The first-order valence-corrected chi connectivity index (χ1v) is 7.02. The molecule has 104 valence electrons. The maximum absolute atomic E-state index is 12.7. The van der Waals surface area contributed by atoms with Crippen LogP contribution < -0.4 is 0 Å². The van der Waals surface area contributed by atoms with Crippen molar-refractivity contribution >= 4 is 5.97 Å². The summed E-state index contributed by atoms with van der Waals surface area (Å²) in [6, 6.07) is 0.150. The van der Waals surface area contributed by atoms with Gasteiger partial charge >= 0.3 is 5.97 Å². The van der Waals surface area contributed by atoms with Gasteiger partial charge in [0.15, 0.2) is 0 Å². The third kappa shape index (κ3) is 1.08. The van der Waals surface area contributed by atoms with Crippen LogP contribution in [0.1, 0.15) is 13.3 Å². The monoisotopic (exact) mass is 265 g/mol. The lowest BCUT2D eigenvalue weighted by Gasteiger charge is -2.40. The van der Waals surface area contributed by atoms with Gasteiger partial charge in [-0.05, 0) is 19.3 Å². The van der Waals surface area contributed by atoms with Crippen LogP contribution in [-0.2, 0) is 19.1 Å². The molecule has 0 radical (unpaired) electrons. The number of esters is 1. The Labute approximate surface area is 112 Å². The van der Waals surface area contributed by atoms with Crippen LogP contribution in [0, 0.1) is 17.3 Å². The van der Waals surface area contributed by atoms with Crippen molar-refractivity contribution in [3.8, 4) is 0 Å². The Bertz CT molecular complexity index is 464. The summed E-state index contributed by atoms with van der Waals surface area (Å²) in [7, 11) is 1.90. The normalized spacial score (nSPS) is 50.5. The summed E-state index contributed by atoms with van der Waals surface area (Å²) in [6.45, 7) is 3.45. The van der Waals surface area contributed by atoms with E-state index in [0.29, 0.717) is 25.7 Å². The number of carbonyl (C=O) groups excluding carboxylic acids is 1. The van der Waals surface area contributed by atoms with Gasteiger partial charge in [0.25, 0.3) is 0 Å². The van der Waals surface area contributed by atoms with Gasteiger partial charge in [0.1, 0.15) is 0 Å². The van der Waals surface area contributed by atoms with E-state index in [-0.39, 0.29) is 23.3 Å². The van der Waals surface area contributed by atoms with E-state index < -0.39 is 5.60 Å². The molecule has 0 aromatic carbocycles. The van der Waals surface area contributed by atoms with Gasteiger partial charge in [0.2, 0.25) is 5.60 Å². The average Bonchev–Trinajstić information content (AvgIpc) is 3.07. The molecule has 0 unspecified atom stereocenters. The molecule has 2 bridgehead atoms. The molecule has 3 fully saturated rings. The van der Waals surface area contributed by atoms with Gasteiger partial charge in [-0.2, -0.15) is 5.06 Å². The molecule has 0 aromatic rings. The number of ether oxygens (including phenoxy) is 2. The maximum Gasteiger partial charge on any atom is 0.341 e. The lowest BCUT2D eigenvalue weighted by Crippen LogP contribution is -2.58. The third-order valence-corrected chi connectivity index (χ3v) is 5.48. The van der Waals surface area contributed by atoms with Crippen LogP contribution in [0.25, 0.3) is 0 Å². The van der Waals surface area contributed by atoms with Crippen LogP contribution in [0.3, 0.4) is 0 Å². The van der Waals surface area contributed by atoms with Crippen molar-refractivity contribution in [3.63, 3.8) is 0 Å². The van der Waals surface area contributed by atoms with Crippen LogP contribution in [-0.4, -0.2) is 49.5 Å². The number of fused-ring (bicyclic) bond motifs is 3. The number of carbonyl (C=O) groups is 1. The summed E-state index contributed by atoms with van der Waals surface area (Å²) >= 11 is 0. The Kier molecular flexibility index (Phi) is 2.25. The number of allylic oxidation sites excluding steroid dienone is 1. The second-order valence-electron chi connectivity index (χ2n) is 6.00. The van der Waals surface area contributed by atoms with Crippen molar-refractivity contribution in [2.75, 3.05) is 26.9 Å². The first kappa shape index (κ1) is 11.9. The molecule has 2 aliphatic heterocycles. The van der Waals surface area contributed by atoms with E-state index in [2.05, 4.69) is 12.2 Å². The molecule has 5 atom stereocenters. The predicted molar refractivity (Wildman–Crippen MR) is 66.0 cm³/mol. The molecule has 2 aliphatic carbocycles. The van der Waals surface area contributed by atoms with Gasteiger partial charge in [-0.3, -0.25) is 4.84 Å². The fourth-order valence-corrected chi connectivity index (χ4v) is 4.79. The molecule has 4 rings (SSSR count). The van der Waals surface area contributed by atoms with E-state index in [1.165, 1.54) is 0 Å². The fourth-order valence-electron chi connectivity index (χ4n) is 4.79. The summed E-state index contributed by atoms with van der Waals surface area (Å²) in [5.41, 5.74) is -1.12. The Morgan fingerprint density at radius 3 is 3.05 bits per heavy atom. The SMILES string of the molecule is CCOC(=O)[C@]12ON(C)[C@@H]3COC[C@@]31[C@@H]1C=C[C@H]2C1. The standard InChI is InChI=1S/C14H19NO4/c1-3-18-12(16)14-10-5-4-9(6-10)13(14)8-17-7-11(13)15(2)19-14/h4-5,9-11H,3,6-8H2,1-2H3/t9-,10+,11-,13-,14+/m1/s1. The minimum atomic E-state index is -0.863. The molecule has 1 spiro atoms. The molecular formula is C14H19NO4. The molecule has 1 saturated carbocycles. The predicted octanol–water partition coefficient (Wildman–Crippen LogP) is 0.756. The minimum Gasteiger partial charge on any atom is -0.464 e. The first-order valence-electron chi connectivity index (χ1n) is 7.02. The van der Waals surface area contributed by atoms with Crippen molar-refractivity contribution < 1.29 is 19.1 Å². The van der Waals surface area contributed by atoms with E-state index in [1.54, 1.807) is 0 Å². The molecule has 2 saturated heterocycles. The van der Waals surface area contributed by atoms with Crippen LogP contribution >= 0.6 is 0 Å². The van der Waals surface area contributed by atoms with E-state index in [1.807, 2.05) is 19.0 Å². The zero-order chi connectivity index (χ0) is 13.3. The number of likely N-dealkylation sites (N-methyl/N-ethyl adjacent to an activating group) is 1. The maximum atomic E-state index is 12.7. The largest absolute Gasteiger partial charge is 0.464 e. The van der Waals surface area contributed by atoms with Gasteiger partial charge in [-0.25, -0.2) is 4.79 Å². The Hall–Kier alpha value is -0.910. The summed E-state index contributed by atoms with van der Waals surface area (Å²) < 4.78 is 11.1. The highest BCUT2D eigenvalue weighted by atomic mass is 16.7. The second-order valence-corrected chi connectivity index (χ2v) is 6.00.